The Labute approximate surface area is 575 Å². The zero-order valence-corrected chi connectivity index (χ0v) is 63.1. The fourth-order valence-electron chi connectivity index (χ4n) is 11.4. The van der Waals surface area contributed by atoms with Crippen LogP contribution in [0.4, 0.5) is 0 Å². The van der Waals surface area contributed by atoms with Gasteiger partial charge in [0.2, 0.25) is 0 Å². The summed E-state index contributed by atoms with van der Waals surface area (Å²) in [4.78, 5) is 72.4. The topological polar surface area (TPSA) is 237 Å². The normalized spacial score (nSPS) is 14.3. The van der Waals surface area contributed by atoms with Crippen molar-refractivity contribution >= 4 is 39.5 Å². The summed E-state index contributed by atoms with van der Waals surface area (Å²) in [5, 5.41) is 10.6. The van der Waals surface area contributed by atoms with E-state index in [1.165, 1.54) is 199 Å². The van der Waals surface area contributed by atoms with Crippen molar-refractivity contribution in [1.82, 2.24) is 0 Å². The van der Waals surface area contributed by atoms with Crippen LogP contribution in [0.1, 0.15) is 388 Å². The van der Waals surface area contributed by atoms with Gasteiger partial charge in [-0.2, -0.15) is 0 Å². The molecule has 0 amide bonds. The Morgan fingerprint density at radius 1 is 0.309 bits per heavy atom. The molecule has 6 atom stereocenters. The van der Waals surface area contributed by atoms with Gasteiger partial charge in [0.1, 0.15) is 19.3 Å². The number of esters is 4. The second-order valence-electron chi connectivity index (χ2n) is 27.8. The average molecular weight is 1380 g/mol. The first kappa shape index (κ1) is 92.1. The molecular formula is C75H146O17P2. The third kappa shape index (κ3) is 67.3. The third-order valence-corrected chi connectivity index (χ3v) is 19.7. The van der Waals surface area contributed by atoms with Crippen LogP contribution in [0.5, 0.6) is 0 Å². The Hall–Kier alpha value is -1.94. The number of aliphatic hydroxyl groups is 1. The molecule has 0 aromatic heterocycles. The van der Waals surface area contributed by atoms with Crippen molar-refractivity contribution in [3.63, 3.8) is 0 Å². The number of ether oxygens (including phenoxy) is 4. The Balaban J connectivity index is 5.11. The van der Waals surface area contributed by atoms with E-state index < -0.39 is 97.5 Å². The monoisotopic (exact) mass is 1380 g/mol. The van der Waals surface area contributed by atoms with Crippen molar-refractivity contribution in [1.29, 1.82) is 0 Å². The van der Waals surface area contributed by atoms with E-state index in [1.54, 1.807) is 0 Å². The summed E-state index contributed by atoms with van der Waals surface area (Å²) in [6, 6.07) is 0. The summed E-state index contributed by atoms with van der Waals surface area (Å²) in [5.41, 5.74) is 0. The molecule has 0 radical (unpaired) electrons. The second kappa shape index (κ2) is 66.9. The zero-order valence-electron chi connectivity index (χ0n) is 61.3. The van der Waals surface area contributed by atoms with Gasteiger partial charge in [-0.05, 0) is 37.5 Å². The van der Waals surface area contributed by atoms with Crippen LogP contribution < -0.4 is 0 Å². The highest BCUT2D eigenvalue weighted by molar-refractivity contribution is 7.47. The fraction of sp³-hybridized carbons (Fsp3) is 0.947. The molecule has 19 heteroatoms. The number of hydrogen-bond donors (Lipinski definition) is 3. The van der Waals surface area contributed by atoms with Gasteiger partial charge in [-0.15, -0.1) is 0 Å². The highest BCUT2D eigenvalue weighted by Gasteiger charge is 2.30. The Kier molecular flexibility index (Phi) is 65.5. The summed E-state index contributed by atoms with van der Waals surface area (Å²) >= 11 is 0. The van der Waals surface area contributed by atoms with Crippen LogP contribution in [0, 0.1) is 11.8 Å². The lowest BCUT2D eigenvalue weighted by Crippen LogP contribution is -2.30. The first-order chi connectivity index (χ1) is 45.4. The number of carbonyl (C=O) groups excluding carboxylic acids is 4. The van der Waals surface area contributed by atoms with Crippen molar-refractivity contribution < 1.29 is 80.2 Å². The standard InChI is InChI=1S/C75H146O17P2/c1-7-10-12-14-15-16-17-24-30-36-41-47-53-59-74(79)91-70(63-85-72(77)57-51-43-13-11-8-2)65-89-93(81,82)87-61-69(76)62-88-94(83,84)90-66-71(64-86-73(78)58-52-46-40-35-32-27-28-33-38-44-49-55-67(4)5)92-75(80)60-54-48-42-37-31-26-23-21-19-18-20-22-25-29-34-39-45-50-56-68(6)9-3/h67-71,76H,7-66H2,1-6H3,(H,81,82)(H,83,84)/t68?,69-,70+,71+/m0/s1. The van der Waals surface area contributed by atoms with Gasteiger partial charge < -0.3 is 33.8 Å². The van der Waals surface area contributed by atoms with E-state index in [4.69, 9.17) is 37.0 Å². The number of phosphoric acid groups is 2. The molecule has 0 aliphatic carbocycles. The quantitative estimate of drug-likeness (QED) is 0.0222. The maximum Gasteiger partial charge on any atom is 0.472 e. The van der Waals surface area contributed by atoms with Crippen LogP contribution in [0.2, 0.25) is 0 Å². The summed E-state index contributed by atoms with van der Waals surface area (Å²) in [6.45, 7) is 9.57. The van der Waals surface area contributed by atoms with Crippen LogP contribution in [-0.4, -0.2) is 96.7 Å². The number of phosphoric ester groups is 2. The minimum absolute atomic E-state index is 0.107. The molecule has 0 spiro atoms. The predicted molar refractivity (Wildman–Crippen MR) is 381 cm³/mol. The van der Waals surface area contributed by atoms with E-state index in [1.807, 2.05) is 0 Å². The second-order valence-corrected chi connectivity index (χ2v) is 30.7. The van der Waals surface area contributed by atoms with E-state index in [2.05, 4.69) is 41.5 Å². The summed E-state index contributed by atoms with van der Waals surface area (Å²) < 4.78 is 68.2. The lowest BCUT2D eigenvalue weighted by atomic mass is 9.99. The van der Waals surface area contributed by atoms with E-state index in [0.29, 0.717) is 25.7 Å². The smallest absolute Gasteiger partial charge is 0.462 e. The molecule has 0 fully saturated rings. The van der Waals surface area contributed by atoms with Crippen molar-refractivity contribution in [2.24, 2.45) is 11.8 Å². The van der Waals surface area contributed by atoms with Crippen LogP contribution in [0.3, 0.4) is 0 Å². The zero-order chi connectivity index (χ0) is 69.3. The first-order valence-electron chi connectivity index (χ1n) is 39.0. The molecule has 0 aliphatic rings. The Morgan fingerprint density at radius 2 is 0.543 bits per heavy atom. The van der Waals surface area contributed by atoms with Gasteiger partial charge in [0.05, 0.1) is 26.4 Å². The Morgan fingerprint density at radius 3 is 0.809 bits per heavy atom. The molecule has 0 bridgehead atoms. The number of carbonyl (C=O) groups is 4. The fourth-order valence-corrected chi connectivity index (χ4v) is 13.0. The van der Waals surface area contributed by atoms with Crippen molar-refractivity contribution in [2.45, 2.75) is 407 Å². The van der Waals surface area contributed by atoms with Gasteiger partial charge in [-0.3, -0.25) is 37.3 Å². The predicted octanol–water partition coefficient (Wildman–Crippen LogP) is 21.9. The van der Waals surface area contributed by atoms with E-state index >= 15 is 0 Å². The highest BCUT2D eigenvalue weighted by Crippen LogP contribution is 2.45. The molecular weight excluding hydrogens is 1230 g/mol. The van der Waals surface area contributed by atoms with Gasteiger partial charge in [-0.25, -0.2) is 9.13 Å². The average Bonchev–Trinajstić information content (AvgIpc) is 1.59. The van der Waals surface area contributed by atoms with E-state index in [-0.39, 0.29) is 25.7 Å². The van der Waals surface area contributed by atoms with Crippen molar-refractivity contribution in [3.05, 3.63) is 0 Å². The Bertz CT molecular complexity index is 1820. The highest BCUT2D eigenvalue weighted by atomic mass is 31.2. The van der Waals surface area contributed by atoms with E-state index in [0.717, 1.165) is 108 Å². The number of aliphatic hydroxyl groups excluding tert-OH is 1. The molecule has 0 heterocycles. The summed E-state index contributed by atoms with van der Waals surface area (Å²) in [6.07, 6.45) is 54.5. The van der Waals surface area contributed by atoms with E-state index in [9.17, 15) is 43.2 Å². The number of rotatable bonds is 74. The van der Waals surface area contributed by atoms with Crippen LogP contribution in [0.25, 0.3) is 0 Å². The van der Waals surface area contributed by atoms with Gasteiger partial charge in [-0.1, -0.05) is 337 Å². The molecule has 0 aliphatic heterocycles. The molecule has 3 unspecified atom stereocenters. The minimum Gasteiger partial charge on any atom is -0.462 e. The molecule has 94 heavy (non-hydrogen) atoms. The molecule has 0 saturated heterocycles. The summed E-state index contributed by atoms with van der Waals surface area (Å²) in [7, 11) is -9.90. The molecule has 0 aromatic rings. The molecule has 0 aromatic carbocycles. The maximum atomic E-state index is 13.1. The van der Waals surface area contributed by atoms with Crippen molar-refractivity contribution in [2.75, 3.05) is 39.6 Å². The lowest BCUT2D eigenvalue weighted by molar-refractivity contribution is -0.161. The van der Waals surface area contributed by atoms with Gasteiger partial charge in [0.15, 0.2) is 12.2 Å². The lowest BCUT2D eigenvalue weighted by Gasteiger charge is -2.21. The largest absolute Gasteiger partial charge is 0.472 e. The SMILES string of the molecule is CCCCCCCCCCCCCCCC(=O)O[C@H](COC(=O)CCCCCCC)COP(=O)(O)OC[C@H](O)COP(=O)(O)OC[C@@H](COC(=O)CCCCCCCCCCCCCC(C)C)OC(=O)CCCCCCCCCCCCCCCCCCCCC(C)CC. The molecule has 17 nitrogen and oxygen atoms in total. The molecule has 0 saturated carbocycles. The number of unbranched alkanes of at least 4 members (excludes halogenated alkanes) is 43. The van der Waals surface area contributed by atoms with Gasteiger partial charge >= 0.3 is 39.5 Å². The van der Waals surface area contributed by atoms with Gasteiger partial charge in [0, 0.05) is 25.7 Å². The molecule has 3 N–H and O–H groups in total. The summed E-state index contributed by atoms with van der Waals surface area (Å²) in [5.74, 6) is -0.486. The third-order valence-electron chi connectivity index (χ3n) is 17.8. The van der Waals surface area contributed by atoms with Crippen LogP contribution >= 0.6 is 15.6 Å². The minimum atomic E-state index is -4.95. The van der Waals surface area contributed by atoms with Crippen LogP contribution in [0.15, 0.2) is 0 Å². The van der Waals surface area contributed by atoms with Crippen molar-refractivity contribution in [3.8, 4) is 0 Å². The first-order valence-corrected chi connectivity index (χ1v) is 42.0. The maximum absolute atomic E-state index is 13.1. The molecule has 558 valence electrons. The number of hydrogen-bond acceptors (Lipinski definition) is 15. The van der Waals surface area contributed by atoms with Gasteiger partial charge in [0.25, 0.3) is 0 Å². The van der Waals surface area contributed by atoms with Crippen LogP contribution in [-0.2, 0) is 65.4 Å². The molecule has 0 rings (SSSR count).